The molecular weight excluding hydrogens is 282 g/mol. The van der Waals surface area contributed by atoms with Gasteiger partial charge in [0.2, 0.25) is 0 Å². The Labute approximate surface area is 139 Å². The first kappa shape index (κ1) is 15.1. The van der Waals surface area contributed by atoms with Crippen LogP contribution in [0.25, 0.3) is 10.8 Å². The van der Waals surface area contributed by atoms with E-state index in [9.17, 15) is 0 Å². The van der Waals surface area contributed by atoms with E-state index < -0.39 is 0 Å². The van der Waals surface area contributed by atoms with E-state index >= 15 is 0 Å². The van der Waals surface area contributed by atoms with Crippen molar-refractivity contribution in [1.82, 2.24) is 14.8 Å². The standard InChI is InChI=1S/C20H27N3/c1-15(2)20-19-6-4-3-5-18(19)16(13-21-20)14-22-9-11-23(12-10-22)17-7-8-17/h3-6,13,15,17H,7-12,14H2,1-2H3. The van der Waals surface area contributed by atoms with Gasteiger partial charge in [-0.05, 0) is 29.7 Å². The maximum absolute atomic E-state index is 4.79. The fourth-order valence-electron chi connectivity index (χ4n) is 3.83. The highest BCUT2D eigenvalue weighted by Crippen LogP contribution is 2.29. The van der Waals surface area contributed by atoms with Crippen molar-refractivity contribution < 1.29 is 0 Å². The second-order valence-corrected chi connectivity index (χ2v) is 7.41. The minimum atomic E-state index is 0.469. The Hall–Kier alpha value is -1.45. The van der Waals surface area contributed by atoms with Crippen LogP contribution in [-0.4, -0.2) is 47.0 Å². The van der Waals surface area contributed by atoms with Gasteiger partial charge in [0, 0.05) is 50.3 Å². The van der Waals surface area contributed by atoms with Gasteiger partial charge in [-0.25, -0.2) is 0 Å². The van der Waals surface area contributed by atoms with Crippen LogP contribution in [0.3, 0.4) is 0 Å². The monoisotopic (exact) mass is 309 g/mol. The van der Waals surface area contributed by atoms with Gasteiger partial charge in [0.15, 0.2) is 0 Å². The molecule has 122 valence electrons. The molecule has 1 saturated heterocycles. The summed E-state index contributed by atoms with van der Waals surface area (Å²) in [5.74, 6) is 0.469. The molecule has 2 heterocycles. The number of aromatic nitrogens is 1. The zero-order valence-electron chi connectivity index (χ0n) is 14.3. The van der Waals surface area contributed by atoms with E-state index in [2.05, 4.69) is 54.1 Å². The van der Waals surface area contributed by atoms with Gasteiger partial charge in [0.25, 0.3) is 0 Å². The van der Waals surface area contributed by atoms with Gasteiger partial charge in [-0.3, -0.25) is 14.8 Å². The highest BCUT2D eigenvalue weighted by Gasteiger charge is 2.31. The summed E-state index contributed by atoms with van der Waals surface area (Å²) in [6.07, 6.45) is 4.96. The topological polar surface area (TPSA) is 19.4 Å². The van der Waals surface area contributed by atoms with Crippen molar-refractivity contribution in [1.29, 1.82) is 0 Å². The fraction of sp³-hybridized carbons (Fsp3) is 0.550. The molecule has 0 unspecified atom stereocenters. The van der Waals surface area contributed by atoms with E-state index in [1.807, 2.05) is 0 Å². The van der Waals surface area contributed by atoms with Crippen LogP contribution in [0.2, 0.25) is 0 Å². The van der Waals surface area contributed by atoms with Crippen molar-refractivity contribution in [3.63, 3.8) is 0 Å². The highest BCUT2D eigenvalue weighted by atomic mass is 15.3. The summed E-state index contributed by atoms with van der Waals surface area (Å²) < 4.78 is 0. The summed E-state index contributed by atoms with van der Waals surface area (Å²) in [5.41, 5.74) is 2.60. The lowest BCUT2D eigenvalue weighted by Gasteiger charge is -2.35. The van der Waals surface area contributed by atoms with Crippen LogP contribution < -0.4 is 0 Å². The number of pyridine rings is 1. The van der Waals surface area contributed by atoms with Gasteiger partial charge in [-0.2, -0.15) is 0 Å². The zero-order chi connectivity index (χ0) is 15.8. The number of nitrogens with zero attached hydrogens (tertiary/aromatic N) is 3. The average Bonchev–Trinajstić information content (AvgIpc) is 3.40. The first-order chi connectivity index (χ1) is 11.2. The average molecular weight is 309 g/mol. The van der Waals surface area contributed by atoms with E-state index in [0.717, 1.165) is 12.6 Å². The molecule has 1 aliphatic carbocycles. The third kappa shape index (κ3) is 3.13. The molecule has 0 N–H and O–H groups in total. The van der Waals surface area contributed by atoms with Gasteiger partial charge in [-0.15, -0.1) is 0 Å². The van der Waals surface area contributed by atoms with Crippen molar-refractivity contribution in [3.05, 3.63) is 41.7 Å². The smallest absolute Gasteiger partial charge is 0.0507 e. The molecule has 0 spiro atoms. The molecule has 3 nitrogen and oxygen atoms in total. The van der Waals surface area contributed by atoms with Crippen LogP contribution in [0.15, 0.2) is 30.5 Å². The highest BCUT2D eigenvalue weighted by molar-refractivity contribution is 5.87. The molecule has 1 saturated carbocycles. The maximum Gasteiger partial charge on any atom is 0.0507 e. The predicted molar refractivity (Wildman–Crippen MR) is 95.7 cm³/mol. The van der Waals surface area contributed by atoms with Gasteiger partial charge in [0.1, 0.15) is 0 Å². The lowest BCUT2D eigenvalue weighted by Crippen LogP contribution is -2.46. The quantitative estimate of drug-likeness (QED) is 0.859. The largest absolute Gasteiger partial charge is 0.298 e. The Kier molecular flexibility index (Phi) is 4.08. The van der Waals surface area contributed by atoms with E-state index in [-0.39, 0.29) is 0 Å². The van der Waals surface area contributed by atoms with E-state index in [4.69, 9.17) is 4.98 Å². The molecule has 3 heteroatoms. The number of hydrogen-bond donors (Lipinski definition) is 0. The third-order valence-electron chi connectivity index (χ3n) is 5.32. The molecule has 1 aliphatic heterocycles. The number of rotatable bonds is 4. The fourth-order valence-corrected chi connectivity index (χ4v) is 3.83. The van der Waals surface area contributed by atoms with Gasteiger partial charge in [0.05, 0.1) is 5.69 Å². The number of piperazine rings is 1. The van der Waals surface area contributed by atoms with Crippen LogP contribution in [0, 0.1) is 0 Å². The summed E-state index contributed by atoms with van der Waals surface area (Å²) in [4.78, 5) is 10.1. The summed E-state index contributed by atoms with van der Waals surface area (Å²) in [6, 6.07) is 9.69. The molecule has 0 radical (unpaired) electrons. The summed E-state index contributed by atoms with van der Waals surface area (Å²) in [5, 5.41) is 2.72. The number of benzene rings is 1. The molecule has 2 aliphatic rings. The Morgan fingerprint density at radius 1 is 1.04 bits per heavy atom. The SMILES string of the molecule is CC(C)c1ncc(CN2CCN(C3CC3)CC2)c2ccccc12. The van der Waals surface area contributed by atoms with Crippen molar-refractivity contribution in [2.45, 2.75) is 45.2 Å². The first-order valence-electron chi connectivity index (χ1n) is 9.05. The molecule has 1 aromatic carbocycles. The minimum Gasteiger partial charge on any atom is -0.298 e. The number of fused-ring (bicyclic) bond motifs is 1. The summed E-state index contributed by atoms with van der Waals surface area (Å²) in [7, 11) is 0. The molecule has 23 heavy (non-hydrogen) atoms. The van der Waals surface area contributed by atoms with E-state index in [1.165, 1.54) is 61.1 Å². The minimum absolute atomic E-state index is 0.469. The van der Waals surface area contributed by atoms with Crippen LogP contribution in [0.5, 0.6) is 0 Å². The molecule has 0 bridgehead atoms. The first-order valence-corrected chi connectivity index (χ1v) is 9.05. The molecular formula is C20H27N3. The summed E-state index contributed by atoms with van der Waals surface area (Å²) in [6.45, 7) is 10.3. The third-order valence-corrected chi connectivity index (χ3v) is 5.32. The van der Waals surface area contributed by atoms with Gasteiger partial charge >= 0.3 is 0 Å². The molecule has 4 rings (SSSR count). The van der Waals surface area contributed by atoms with Gasteiger partial charge < -0.3 is 0 Å². The van der Waals surface area contributed by atoms with Crippen molar-refractivity contribution in [2.24, 2.45) is 0 Å². The summed E-state index contributed by atoms with van der Waals surface area (Å²) >= 11 is 0. The lowest BCUT2D eigenvalue weighted by atomic mass is 9.99. The Balaban J connectivity index is 1.54. The molecule has 0 amide bonds. The lowest BCUT2D eigenvalue weighted by molar-refractivity contribution is 0.122. The van der Waals surface area contributed by atoms with Crippen molar-refractivity contribution in [2.75, 3.05) is 26.2 Å². The van der Waals surface area contributed by atoms with Crippen LogP contribution in [-0.2, 0) is 6.54 Å². The van der Waals surface area contributed by atoms with E-state index in [0.29, 0.717) is 5.92 Å². The zero-order valence-corrected chi connectivity index (χ0v) is 14.3. The molecule has 1 aromatic heterocycles. The normalized spacial score (nSPS) is 20.5. The molecule has 2 aromatic rings. The Morgan fingerprint density at radius 2 is 1.74 bits per heavy atom. The number of hydrogen-bond acceptors (Lipinski definition) is 3. The van der Waals surface area contributed by atoms with Crippen LogP contribution >= 0.6 is 0 Å². The maximum atomic E-state index is 4.79. The second kappa shape index (κ2) is 6.21. The van der Waals surface area contributed by atoms with Crippen LogP contribution in [0.4, 0.5) is 0 Å². The van der Waals surface area contributed by atoms with E-state index in [1.54, 1.807) is 0 Å². The Morgan fingerprint density at radius 3 is 2.39 bits per heavy atom. The van der Waals surface area contributed by atoms with Crippen molar-refractivity contribution in [3.8, 4) is 0 Å². The predicted octanol–water partition coefficient (Wildman–Crippen LogP) is 3.64. The van der Waals surface area contributed by atoms with Crippen LogP contribution in [0.1, 0.15) is 43.9 Å². The second-order valence-electron chi connectivity index (χ2n) is 7.41. The van der Waals surface area contributed by atoms with Gasteiger partial charge in [-0.1, -0.05) is 38.1 Å². The molecule has 2 fully saturated rings. The Bertz CT molecular complexity index is 682. The molecule has 0 atom stereocenters. The van der Waals surface area contributed by atoms with Crippen molar-refractivity contribution >= 4 is 10.8 Å².